The summed E-state index contributed by atoms with van der Waals surface area (Å²) >= 11 is 0. The molecule has 0 bridgehead atoms. The third-order valence-electron chi connectivity index (χ3n) is 15.2. The maximum atomic E-state index is 13.6. The molecule has 1 saturated carbocycles. The minimum atomic E-state index is -1.06. The van der Waals surface area contributed by atoms with Gasteiger partial charge in [0.25, 0.3) is 11.5 Å². The van der Waals surface area contributed by atoms with Crippen molar-refractivity contribution in [3.05, 3.63) is 116 Å². The normalized spacial score (nSPS) is 22.5. The van der Waals surface area contributed by atoms with Gasteiger partial charge in [-0.1, -0.05) is 49.2 Å². The quantitative estimate of drug-likeness (QED) is 0.105. The minimum Gasteiger partial charge on any atom is -0.385 e. The second-order valence-electron chi connectivity index (χ2n) is 20.2. The van der Waals surface area contributed by atoms with Crippen LogP contribution in [0.15, 0.2) is 71.8 Å². The molecule has 3 N–H and O–H groups in total. The first-order valence-corrected chi connectivity index (χ1v) is 24.1. The summed E-state index contributed by atoms with van der Waals surface area (Å²) in [5, 5.41) is 18.4. The van der Waals surface area contributed by atoms with E-state index in [1.54, 1.807) is 28.7 Å². The molecule has 4 aliphatic heterocycles. The van der Waals surface area contributed by atoms with Crippen LogP contribution in [0, 0.1) is 6.92 Å². The van der Waals surface area contributed by atoms with E-state index in [2.05, 4.69) is 74.5 Å². The number of imide groups is 1. The van der Waals surface area contributed by atoms with E-state index in [9.17, 15) is 29.1 Å². The number of likely N-dealkylation sites (tertiary alicyclic amines) is 1. The van der Waals surface area contributed by atoms with Gasteiger partial charge in [0.2, 0.25) is 17.8 Å². The number of piperidine rings is 2. The van der Waals surface area contributed by atoms with Gasteiger partial charge in [-0.2, -0.15) is 4.98 Å². The number of benzene rings is 2. The smallest absolute Gasteiger partial charge is 0.263 e. The number of aliphatic hydroxyl groups is 1. The number of hydrogen-bond acceptors (Lipinski definition) is 13. The highest BCUT2D eigenvalue weighted by atomic mass is 16.3. The average Bonchev–Trinajstić information content (AvgIpc) is 3.96. The first-order chi connectivity index (χ1) is 32.6. The number of anilines is 3. The molecule has 16 nitrogen and oxygen atoms in total. The van der Waals surface area contributed by atoms with Gasteiger partial charge in [0, 0.05) is 87.5 Å². The Morgan fingerprint density at radius 1 is 0.882 bits per heavy atom. The van der Waals surface area contributed by atoms with Crippen molar-refractivity contribution in [2.45, 2.75) is 122 Å². The summed E-state index contributed by atoms with van der Waals surface area (Å²) in [6, 6.07) is 17.8. The lowest BCUT2D eigenvalue weighted by Gasteiger charge is -2.49. The van der Waals surface area contributed by atoms with Crippen molar-refractivity contribution in [2.24, 2.45) is 0 Å². The van der Waals surface area contributed by atoms with Gasteiger partial charge in [0.15, 0.2) is 5.78 Å². The fourth-order valence-corrected chi connectivity index (χ4v) is 11.4. The van der Waals surface area contributed by atoms with Gasteiger partial charge >= 0.3 is 0 Å². The Hall–Kier alpha value is -6.36. The zero-order valence-corrected chi connectivity index (χ0v) is 39.4. The number of nitrogens with one attached hydrogen (secondary N) is 2. The van der Waals surface area contributed by atoms with Crippen molar-refractivity contribution >= 4 is 52.0 Å². The van der Waals surface area contributed by atoms with Crippen molar-refractivity contribution < 1.29 is 24.3 Å². The number of nitrogens with zero attached hydrogens (tertiary/aromatic N) is 8. The first kappa shape index (κ1) is 45.4. The number of carbonyl (C=O) groups excluding carboxylic acids is 4. The summed E-state index contributed by atoms with van der Waals surface area (Å²) in [6.45, 7) is 13.8. The molecule has 5 aliphatic rings. The second kappa shape index (κ2) is 17.9. The fraction of sp³-hybridized carbons (Fsp3) is 0.462. The molecule has 354 valence electrons. The molecule has 0 spiro atoms. The number of amides is 3. The predicted octanol–water partition coefficient (Wildman–Crippen LogP) is 5.90. The third-order valence-corrected chi connectivity index (χ3v) is 15.2. The van der Waals surface area contributed by atoms with Crippen LogP contribution in [0.5, 0.6) is 0 Å². The Labute approximate surface area is 395 Å². The molecule has 1 aliphatic carbocycles. The van der Waals surface area contributed by atoms with Gasteiger partial charge in [-0.25, -0.2) is 9.97 Å². The van der Waals surface area contributed by atoms with Crippen LogP contribution in [-0.4, -0.2) is 107 Å². The largest absolute Gasteiger partial charge is 0.385 e. The minimum absolute atomic E-state index is 0.00732. The third kappa shape index (κ3) is 8.69. The first-order valence-electron chi connectivity index (χ1n) is 24.1. The Morgan fingerprint density at radius 2 is 1.62 bits per heavy atom. The number of ketones is 1. The zero-order chi connectivity index (χ0) is 47.5. The summed E-state index contributed by atoms with van der Waals surface area (Å²) in [5.74, 6) is -0.246. The van der Waals surface area contributed by atoms with Crippen molar-refractivity contribution in [1.29, 1.82) is 0 Å². The number of rotatable bonds is 11. The number of fused-ring (bicyclic) bond motifs is 2. The molecule has 1 unspecified atom stereocenters. The van der Waals surface area contributed by atoms with Gasteiger partial charge in [-0.05, 0) is 106 Å². The summed E-state index contributed by atoms with van der Waals surface area (Å²) in [6.07, 6.45) is 9.02. The van der Waals surface area contributed by atoms with E-state index in [1.807, 2.05) is 24.4 Å². The van der Waals surface area contributed by atoms with E-state index in [-0.39, 0.29) is 53.3 Å². The summed E-state index contributed by atoms with van der Waals surface area (Å²) in [5.41, 5.74) is 5.41. The lowest BCUT2D eigenvalue weighted by molar-refractivity contribution is -0.136. The topological polar surface area (TPSA) is 186 Å². The van der Waals surface area contributed by atoms with E-state index in [0.717, 1.165) is 81.8 Å². The van der Waals surface area contributed by atoms with Gasteiger partial charge in [0.05, 0.1) is 23.0 Å². The van der Waals surface area contributed by atoms with Crippen LogP contribution < -0.4 is 21.1 Å². The van der Waals surface area contributed by atoms with Gasteiger partial charge < -0.3 is 20.2 Å². The molecule has 0 radical (unpaired) electrons. The molecule has 4 fully saturated rings. The van der Waals surface area contributed by atoms with Crippen molar-refractivity contribution in [3.8, 4) is 0 Å². The molecule has 3 aromatic heterocycles. The zero-order valence-electron chi connectivity index (χ0n) is 39.4. The van der Waals surface area contributed by atoms with E-state index >= 15 is 0 Å². The number of hydrogen-bond donors (Lipinski definition) is 3. The van der Waals surface area contributed by atoms with E-state index < -0.39 is 17.6 Å². The monoisotopic (exact) mass is 920 g/mol. The van der Waals surface area contributed by atoms with Crippen LogP contribution in [0.25, 0.3) is 11.0 Å². The van der Waals surface area contributed by atoms with Crippen molar-refractivity contribution in [3.63, 3.8) is 0 Å². The number of aromatic nitrogens is 4. The molecule has 5 aromatic rings. The fourth-order valence-electron chi connectivity index (χ4n) is 11.4. The van der Waals surface area contributed by atoms with E-state index in [4.69, 9.17) is 9.97 Å². The molecule has 68 heavy (non-hydrogen) atoms. The number of aryl methyl sites for hydroxylation is 1. The summed E-state index contributed by atoms with van der Waals surface area (Å²) < 4.78 is 1.72. The highest BCUT2D eigenvalue weighted by Gasteiger charge is 2.45. The molecule has 16 heteroatoms. The van der Waals surface area contributed by atoms with E-state index in [1.165, 1.54) is 18.1 Å². The maximum Gasteiger partial charge on any atom is 0.263 e. The molecule has 2 atom stereocenters. The standard InChI is InChI=1S/C52H60N10O6/c1-32-41-27-54-50(57-46(41)62(38-7-5-6-8-38)49(67)45(32)33(2)63)55-43-17-14-39(26-53-43)59-23-21-58(22-24-59)28-34-9-11-35(12-10-34)29-60-20-19-52(68,31-51(60,3)4)37-13-15-40-36(25-37)30-61(48(40)66)42-16-18-44(64)56-47(42)65/h9-15,17,25-27,38,42,68H,5-8,16,18-24,28-31H2,1-4H3,(H,56,64,65)(H,53,54,55,57)/t42?,52-/m1/s1. The molecule has 2 aromatic carbocycles. The number of pyridine rings is 2. The number of piperazine rings is 1. The lowest BCUT2D eigenvalue weighted by Crippen LogP contribution is -2.54. The van der Waals surface area contributed by atoms with Crippen molar-refractivity contribution in [1.82, 2.24) is 39.5 Å². The molecule has 10 rings (SSSR count). The van der Waals surface area contributed by atoms with E-state index in [0.29, 0.717) is 59.7 Å². The summed E-state index contributed by atoms with van der Waals surface area (Å²) in [4.78, 5) is 86.6. The number of carbonyl (C=O) groups is 4. The Bertz CT molecular complexity index is 2870. The maximum absolute atomic E-state index is 13.6. The van der Waals surface area contributed by atoms with Crippen LogP contribution >= 0.6 is 0 Å². The van der Waals surface area contributed by atoms with Gasteiger partial charge in [-0.3, -0.25) is 43.7 Å². The predicted molar refractivity (Wildman–Crippen MR) is 258 cm³/mol. The van der Waals surface area contributed by atoms with Gasteiger partial charge in [-0.15, -0.1) is 0 Å². The Morgan fingerprint density at radius 3 is 2.29 bits per heavy atom. The lowest BCUT2D eigenvalue weighted by atomic mass is 9.75. The highest BCUT2D eigenvalue weighted by Crippen LogP contribution is 2.43. The summed E-state index contributed by atoms with van der Waals surface area (Å²) in [7, 11) is 0. The van der Waals surface area contributed by atoms with Crippen LogP contribution in [0.2, 0.25) is 0 Å². The van der Waals surface area contributed by atoms with Gasteiger partial charge in [0.1, 0.15) is 17.5 Å². The SMILES string of the molecule is CC(=O)c1c(C)c2cnc(Nc3ccc(N4CCN(Cc5ccc(CN6CC[C@](O)(c7ccc8c(c7)CN(C7CCC(=O)NC7=O)C8=O)CC6(C)C)cc5)CC4)cn3)nc2n(C2CCCC2)c1=O. The number of Topliss-reactive ketones (excluding diaryl/α,β-unsaturated/α-hetero) is 1. The average molecular weight is 921 g/mol. The Balaban J connectivity index is 0.713. The molecular formula is C52H60N10O6. The van der Waals surface area contributed by atoms with Crippen molar-refractivity contribution in [2.75, 3.05) is 42.9 Å². The van der Waals surface area contributed by atoms with Crippen LogP contribution in [0.1, 0.15) is 127 Å². The molecule has 3 saturated heterocycles. The van der Waals surface area contributed by atoms with Crippen LogP contribution in [0.3, 0.4) is 0 Å². The molecule has 3 amide bonds. The van der Waals surface area contributed by atoms with Crippen LogP contribution in [-0.2, 0) is 34.8 Å². The molecule has 7 heterocycles. The van der Waals surface area contributed by atoms with Crippen LogP contribution in [0.4, 0.5) is 17.5 Å². The Kier molecular flexibility index (Phi) is 12.0. The molecular weight excluding hydrogens is 861 g/mol. The highest BCUT2D eigenvalue weighted by molar-refractivity contribution is 6.05. The second-order valence-corrected chi connectivity index (χ2v) is 20.2.